The molecule has 0 amide bonds. The Labute approximate surface area is 117 Å². The number of epoxide rings is 1. The van der Waals surface area contributed by atoms with Gasteiger partial charge in [-0.15, -0.1) is 0 Å². The molecule has 2 heterocycles. The maximum absolute atomic E-state index is 12.6. The van der Waals surface area contributed by atoms with Gasteiger partial charge in [0.1, 0.15) is 18.5 Å². The summed E-state index contributed by atoms with van der Waals surface area (Å²) in [5, 5.41) is 0. The number of hydrogen-bond acceptors (Lipinski definition) is 3. The van der Waals surface area contributed by atoms with Crippen LogP contribution >= 0.6 is 0 Å². The lowest BCUT2D eigenvalue weighted by atomic mass is 9.89. The molecule has 2 aliphatic heterocycles. The molecule has 0 unspecified atom stereocenters. The van der Waals surface area contributed by atoms with E-state index in [1.165, 1.54) is 5.56 Å². The van der Waals surface area contributed by atoms with Crippen molar-refractivity contribution in [3.05, 3.63) is 65.2 Å². The zero-order valence-corrected chi connectivity index (χ0v) is 11.1. The topological polar surface area (TPSA) is 38.8 Å². The van der Waals surface area contributed by atoms with Crippen molar-refractivity contribution in [3.63, 3.8) is 0 Å². The molecule has 0 aromatic heterocycles. The molecule has 0 bridgehead atoms. The minimum absolute atomic E-state index is 0.0323. The van der Waals surface area contributed by atoms with Crippen molar-refractivity contribution in [2.24, 2.45) is 0 Å². The average Bonchev–Trinajstić information content (AvgIpc) is 3.20. The van der Waals surface area contributed by atoms with Gasteiger partial charge in [-0.1, -0.05) is 42.0 Å². The molecule has 1 spiro atoms. The Hall–Kier alpha value is -2.13. The van der Waals surface area contributed by atoms with E-state index in [9.17, 15) is 4.79 Å². The van der Waals surface area contributed by atoms with Crippen LogP contribution in [0.5, 0.6) is 5.75 Å². The number of Topliss-reactive ketones (excluding diaryl/α,β-unsaturated/α-hetero) is 1. The number of ether oxygens (including phenoxy) is 2. The van der Waals surface area contributed by atoms with Gasteiger partial charge < -0.3 is 9.47 Å². The number of fused-ring (bicyclic) bond motifs is 1. The van der Waals surface area contributed by atoms with Crippen LogP contribution in [-0.2, 0) is 4.74 Å². The van der Waals surface area contributed by atoms with Crippen LogP contribution in [0.2, 0.25) is 0 Å². The molecule has 2 aliphatic rings. The maximum Gasteiger partial charge on any atom is 0.205 e. The Morgan fingerprint density at radius 3 is 2.65 bits per heavy atom. The van der Waals surface area contributed by atoms with Gasteiger partial charge in [0.05, 0.1) is 5.56 Å². The average molecular weight is 266 g/mol. The van der Waals surface area contributed by atoms with Crippen molar-refractivity contribution in [1.82, 2.24) is 0 Å². The lowest BCUT2D eigenvalue weighted by Crippen LogP contribution is -2.37. The van der Waals surface area contributed by atoms with Gasteiger partial charge in [0.2, 0.25) is 5.78 Å². The zero-order valence-electron chi connectivity index (χ0n) is 11.1. The van der Waals surface area contributed by atoms with Gasteiger partial charge >= 0.3 is 0 Å². The number of benzene rings is 2. The molecule has 0 saturated carbocycles. The van der Waals surface area contributed by atoms with Gasteiger partial charge in [-0.3, -0.25) is 4.79 Å². The normalized spacial score (nSPS) is 27.1. The van der Waals surface area contributed by atoms with E-state index in [2.05, 4.69) is 0 Å². The summed E-state index contributed by atoms with van der Waals surface area (Å²) in [5.41, 5.74) is 2.03. The first-order chi connectivity index (χ1) is 9.71. The van der Waals surface area contributed by atoms with Gasteiger partial charge in [0.25, 0.3) is 0 Å². The number of rotatable bonds is 1. The summed E-state index contributed by atoms with van der Waals surface area (Å²) in [6.45, 7) is 2.33. The number of hydrogen-bond donors (Lipinski definition) is 0. The second kappa shape index (κ2) is 3.93. The lowest BCUT2D eigenvalue weighted by Gasteiger charge is -2.21. The van der Waals surface area contributed by atoms with Crippen molar-refractivity contribution in [2.75, 3.05) is 6.61 Å². The highest BCUT2D eigenvalue weighted by molar-refractivity contribution is 6.07. The Morgan fingerprint density at radius 2 is 1.85 bits per heavy atom. The van der Waals surface area contributed by atoms with Crippen LogP contribution in [0.4, 0.5) is 0 Å². The number of para-hydroxylation sites is 1. The third-order valence-electron chi connectivity index (χ3n) is 4.03. The van der Waals surface area contributed by atoms with E-state index in [0.29, 0.717) is 17.9 Å². The Bertz CT molecular complexity index is 690. The summed E-state index contributed by atoms with van der Waals surface area (Å²) in [6.07, 6.45) is -0.191. The second-order valence-electron chi connectivity index (χ2n) is 5.41. The summed E-state index contributed by atoms with van der Waals surface area (Å²) in [4.78, 5) is 12.6. The predicted molar refractivity (Wildman–Crippen MR) is 74.0 cm³/mol. The van der Waals surface area contributed by atoms with Gasteiger partial charge in [-0.05, 0) is 24.6 Å². The van der Waals surface area contributed by atoms with Gasteiger partial charge in [0, 0.05) is 0 Å². The maximum atomic E-state index is 12.6. The molecule has 100 valence electrons. The molecule has 3 nitrogen and oxygen atoms in total. The van der Waals surface area contributed by atoms with Crippen LogP contribution < -0.4 is 4.74 Å². The van der Waals surface area contributed by atoms with E-state index in [1.807, 2.05) is 49.4 Å². The molecular weight excluding hydrogens is 252 g/mol. The number of ketones is 1. The van der Waals surface area contributed by atoms with Gasteiger partial charge in [-0.2, -0.15) is 0 Å². The van der Waals surface area contributed by atoms with Crippen LogP contribution in [0.25, 0.3) is 0 Å². The summed E-state index contributed by atoms with van der Waals surface area (Å²) in [5.74, 6) is 0.686. The summed E-state index contributed by atoms with van der Waals surface area (Å²) >= 11 is 0. The smallest absolute Gasteiger partial charge is 0.205 e. The van der Waals surface area contributed by atoms with Crippen LogP contribution in [0.15, 0.2) is 48.5 Å². The predicted octanol–water partition coefficient (Wildman–Crippen LogP) is 3.08. The minimum atomic E-state index is -0.816. The van der Waals surface area contributed by atoms with E-state index in [0.717, 1.165) is 5.56 Å². The molecule has 1 saturated heterocycles. The molecule has 20 heavy (non-hydrogen) atoms. The molecule has 3 heteroatoms. The number of carbonyl (C=O) groups is 1. The van der Waals surface area contributed by atoms with Crippen molar-refractivity contribution < 1.29 is 14.3 Å². The summed E-state index contributed by atoms with van der Waals surface area (Å²) in [7, 11) is 0. The third kappa shape index (κ3) is 1.53. The molecule has 1 fully saturated rings. The highest BCUT2D eigenvalue weighted by Gasteiger charge is 2.65. The molecule has 4 rings (SSSR count). The van der Waals surface area contributed by atoms with Crippen LogP contribution in [0.1, 0.15) is 27.6 Å². The molecule has 2 aromatic carbocycles. The first kappa shape index (κ1) is 11.7. The first-order valence-electron chi connectivity index (χ1n) is 6.72. The van der Waals surface area contributed by atoms with E-state index in [-0.39, 0.29) is 11.9 Å². The van der Waals surface area contributed by atoms with Crippen molar-refractivity contribution >= 4 is 5.78 Å². The molecule has 0 aliphatic carbocycles. The largest absolute Gasteiger partial charge is 0.489 e. The van der Waals surface area contributed by atoms with E-state index in [1.54, 1.807) is 6.07 Å². The first-order valence-corrected chi connectivity index (χ1v) is 6.72. The summed E-state index contributed by atoms with van der Waals surface area (Å²) < 4.78 is 11.5. The zero-order chi connectivity index (χ0) is 13.7. The third-order valence-corrected chi connectivity index (χ3v) is 4.03. The Morgan fingerprint density at radius 1 is 1.10 bits per heavy atom. The standard InChI is InChI=1S/C17H14O3/c1-11-6-8-12(9-7-11)16-17(20-16)10-19-14-5-3-2-4-13(14)15(17)18/h2-9,16H,10H2,1H3/t16-,17+/m1/s1. The molecule has 2 atom stereocenters. The molecule has 2 aromatic rings. The quantitative estimate of drug-likeness (QED) is 0.744. The van der Waals surface area contributed by atoms with E-state index >= 15 is 0 Å². The number of carbonyl (C=O) groups excluding carboxylic acids is 1. The SMILES string of the molecule is Cc1ccc([C@H]2O[C@]23COc2ccccc2C3=O)cc1. The van der Waals surface area contributed by atoms with Crippen molar-refractivity contribution in [2.45, 2.75) is 18.6 Å². The Balaban J connectivity index is 1.69. The monoisotopic (exact) mass is 266 g/mol. The van der Waals surface area contributed by atoms with Crippen molar-refractivity contribution in [1.29, 1.82) is 0 Å². The van der Waals surface area contributed by atoms with Gasteiger partial charge in [-0.25, -0.2) is 0 Å². The van der Waals surface area contributed by atoms with Crippen LogP contribution in [-0.4, -0.2) is 18.0 Å². The van der Waals surface area contributed by atoms with Crippen LogP contribution in [0.3, 0.4) is 0 Å². The highest BCUT2D eigenvalue weighted by Crippen LogP contribution is 2.54. The Kier molecular flexibility index (Phi) is 2.30. The fourth-order valence-electron chi connectivity index (χ4n) is 2.80. The molecular formula is C17H14O3. The lowest BCUT2D eigenvalue weighted by molar-refractivity contribution is 0.0755. The molecule has 0 N–H and O–H groups in total. The minimum Gasteiger partial charge on any atom is -0.489 e. The summed E-state index contributed by atoms with van der Waals surface area (Å²) in [6, 6.07) is 15.4. The fraction of sp³-hybridized carbons (Fsp3) is 0.235. The van der Waals surface area contributed by atoms with E-state index in [4.69, 9.17) is 9.47 Å². The number of aryl methyl sites for hydroxylation is 1. The van der Waals surface area contributed by atoms with Crippen molar-refractivity contribution in [3.8, 4) is 5.75 Å². The van der Waals surface area contributed by atoms with Gasteiger partial charge in [0.15, 0.2) is 5.60 Å². The second-order valence-corrected chi connectivity index (χ2v) is 5.41. The molecule has 0 radical (unpaired) electrons. The van der Waals surface area contributed by atoms with Crippen LogP contribution in [0, 0.1) is 6.92 Å². The fourth-order valence-corrected chi connectivity index (χ4v) is 2.80. The highest BCUT2D eigenvalue weighted by atomic mass is 16.6. The van der Waals surface area contributed by atoms with E-state index < -0.39 is 5.60 Å².